The molecule has 1 aliphatic rings. The van der Waals surface area contributed by atoms with Crippen molar-refractivity contribution >= 4 is 11.6 Å². The Bertz CT molecular complexity index is 450. The highest BCUT2D eigenvalue weighted by Crippen LogP contribution is 2.20. The van der Waals surface area contributed by atoms with Crippen LogP contribution >= 0.6 is 0 Å². The van der Waals surface area contributed by atoms with E-state index in [0.29, 0.717) is 24.3 Å². The average molecular weight is 250 g/mol. The molecule has 1 atom stereocenters. The first-order chi connectivity index (χ1) is 8.65. The number of likely N-dealkylation sites (tertiary alicyclic amines) is 1. The molecule has 98 valence electrons. The first-order valence-corrected chi connectivity index (χ1v) is 5.91. The molecule has 2 rings (SSSR count). The van der Waals surface area contributed by atoms with Crippen LogP contribution in [-0.2, 0) is 4.74 Å². The molecule has 0 spiro atoms. The summed E-state index contributed by atoms with van der Waals surface area (Å²) < 4.78 is 5.25. The van der Waals surface area contributed by atoms with Gasteiger partial charge in [0.2, 0.25) is 0 Å². The Hall–Kier alpha value is -1.66. The third-order valence-electron chi connectivity index (χ3n) is 3.19. The van der Waals surface area contributed by atoms with Crippen molar-refractivity contribution in [2.75, 3.05) is 25.6 Å². The summed E-state index contributed by atoms with van der Waals surface area (Å²) in [6.07, 6.45) is 2.56. The summed E-state index contributed by atoms with van der Waals surface area (Å²) in [6.45, 7) is 3.17. The van der Waals surface area contributed by atoms with E-state index >= 15 is 0 Å². The Morgan fingerprint density at radius 3 is 3.06 bits per heavy atom. The van der Waals surface area contributed by atoms with Gasteiger partial charge in [-0.3, -0.25) is 15.6 Å². The van der Waals surface area contributed by atoms with Crippen molar-refractivity contribution < 1.29 is 9.53 Å². The zero-order valence-corrected chi connectivity index (χ0v) is 10.6. The maximum Gasteiger partial charge on any atom is 0.257 e. The number of methoxy groups -OCH3 is 1. The third kappa shape index (κ3) is 2.44. The lowest BCUT2D eigenvalue weighted by molar-refractivity contribution is 0.0724. The van der Waals surface area contributed by atoms with Crippen LogP contribution in [-0.4, -0.2) is 42.1 Å². The number of hydrazine groups is 1. The van der Waals surface area contributed by atoms with Crippen LogP contribution in [0.25, 0.3) is 0 Å². The number of ether oxygens (including phenoxy) is 1. The van der Waals surface area contributed by atoms with Gasteiger partial charge in [-0.1, -0.05) is 0 Å². The summed E-state index contributed by atoms with van der Waals surface area (Å²) in [6, 6.07) is 1.76. The summed E-state index contributed by atoms with van der Waals surface area (Å²) in [5.41, 5.74) is 4.47. The van der Waals surface area contributed by atoms with Gasteiger partial charge in [-0.25, -0.2) is 0 Å². The van der Waals surface area contributed by atoms with Crippen LogP contribution in [0.3, 0.4) is 0 Å². The molecule has 6 nitrogen and oxygen atoms in total. The second-order valence-electron chi connectivity index (χ2n) is 4.41. The highest BCUT2D eigenvalue weighted by Gasteiger charge is 2.28. The molecule has 0 aliphatic carbocycles. The second kappa shape index (κ2) is 5.32. The quantitative estimate of drug-likeness (QED) is 0.604. The maximum absolute atomic E-state index is 12.3. The molecule has 1 unspecified atom stereocenters. The molecular weight excluding hydrogens is 232 g/mol. The number of nitrogen functional groups attached to an aromatic ring is 1. The average Bonchev–Trinajstić information content (AvgIpc) is 2.86. The van der Waals surface area contributed by atoms with Gasteiger partial charge in [0.15, 0.2) is 0 Å². The van der Waals surface area contributed by atoms with Crippen molar-refractivity contribution in [1.82, 2.24) is 9.88 Å². The molecule has 3 N–H and O–H groups in total. The number of hydrogen-bond donors (Lipinski definition) is 2. The predicted molar refractivity (Wildman–Crippen MR) is 68.1 cm³/mol. The van der Waals surface area contributed by atoms with Crippen LogP contribution in [0.5, 0.6) is 0 Å². The van der Waals surface area contributed by atoms with E-state index in [9.17, 15) is 4.79 Å². The molecule has 2 heterocycles. The van der Waals surface area contributed by atoms with Crippen molar-refractivity contribution in [1.29, 1.82) is 0 Å². The number of nitrogens with one attached hydrogen (secondary N) is 1. The molecule has 1 saturated heterocycles. The first kappa shape index (κ1) is 12.8. The van der Waals surface area contributed by atoms with Crippen LogP contribution in [0.1, 0.15) is 22.5 Å². The molecule has 1 aromatic heterocycles. The zero-order chi connectivity index (χ0) is 13.1. The lowest BCUT2D eigenvalue weighted by Crippen LogP contribution is -2.31. The highest BCUT2D eigenvalue weighted by molar-refractivity contribution is 5.99. The summed E-state index contributed by atoms with van der Waals surface area (Å²) in [7, 11) is 1.67. The first-order valence-electron chi connectivity index (χ1n) is 5.91. The number of aryl methyl sites for hydroxylation is 1. The minimum atomic E-state index is -0.0602. The number of carbonyl (C=O) groups is 1. The molecule has 0 bridgehead atoms. The minimum absolute atomic E-state index is 0.0602. The standard InChI is InChI=1S/C12H18N4O2/c1-8-5-11(15-13)10(6-14-8)12(17)16-4-3-9(7-16)18-2/h5-6,9H,3-4,7,13H2,1-2H3,(H,14,15). The number of anilines is 1. The molecule has 0 radical (unpaired) electrons. The van der Waals surface area contributed by atoms with Crippen LogP contribution in [0.2, 0.25) is 0 Å². The molecule has 6 heteroatoms. The largest absolute Gasteiger partial charge is 0.380 e. The Morgan fingerprint density at radius 1 is 1.67 bits per heavy atom. The Morgan fingerprint density at radius 2 is 2.44 bits per heavy atom. The highest BCUT2D eigenvalue weighted by atomic mass is 16.5. The van der Waals surface area contributed by atoms with Crippen LogP contribution in [0, 0.1) is 6.92 Å². The number of pyridine rings is 1. The van der Waals surface area contributed by atoms with Crippen molar-refractivity contribution in [2.45, 2.75) is 19.4 Å². The molecule has 1 fully saturated rings. The Labute approximate surface area is 106 Å². The normalized spacial score (nSPS) is 19.1. The zero-order valence-electron chi connectivity index (χ0n) is 10.6. The second-order valence-corrected chi connectivity index (χ2v) is 4.41. The molecule has 0 saturated carbocycles. The third-order valence-corrected chi connectivity index (χ3v) is 3.19. The van der Waals surface area contributed by atoms with E-state index in [1.165, 1.54) is 0 Å². The van der Waals surface area contributed by atoms with Gasteiger partial charge in [0.05, 0.1) is 17.4 Å². The summed E-state index contributed by atoms with van der Waals surface area (Å²) in [5, 5.41) is 0. The van der Waals surface area contributed by atoms with Gasteiger partial charge >= 0.3 is 0 Å². The van der Waals surface area contributed by atoms with E-state index in [-0.39, 0.29) is 12.0 Å². The maximum atomic E-state index is 12.3. The van der Waals surface area contributed by atoms with Crippen LogP contribution < -0.4 is 11.3 Å². The van der Waals surface area contributed by atoms with Crippen LogP contribution in [0.4, 0.5) is 5.69 Å². The summed E-state index contributed by atoms with van der Waals surface area (Å²) in [4.78, 5) is 18.2. The molecular formula is C12H18N4O2. The topological polar surface area (TPSA) is 80.5 Å². The van der Waals surface area contributed by atoms with Gasteiger partial charge in [-0.05, 0) is 19.4 Å². The van der Waals surface area contributed by atoms with E-state index in [1.54, 1.807) is 24.3 Å². The van der Waals surface area contributed by atoms with Gasteiger partial charge in [-0.15, -0.1) is 0 Å². The fourth-order valence-corrected chi connectivity index (χ4v) is 2.13. The smallest absolute Gasteiger partial charge is 0.257 e. The fraction of sp³-hybridized carbons (Fsp3) is 0.500. The Balaban J connectivity index is 2.19. The summed E-state index contributed by atoms with van der Waals surface area (Å²) >= 11 is 0. The van der Waals surface area contributed by atoms with Gasteiger partial charge in [0.25, 0.3) is 5.91 Å². The fourth-order valence-electron chi connectivity index (χ4n) is 2.13. The SMILES string of the molecule is COC1CCN(C(=O)c2cnc(C)cc2NN)C1. The van der Waals surface area contributed by atoms with Crippen molar-refractivity contribution in [3.8, 4) is 0 Å². The minimum Gasteiger partial charge on any atom is -0.380 e. The number of aromatic nitrogens is 1. The molecule has 1 aromatic rings. The van der Waals surface area contributed by atoms with E-state index < -0.39 is 0 Å². The molecule has 1 amide bonds. The monoisotopic (exact) mass is 250 g/mol. The number of nitrogens with two attached hydrogens (primary N) is 1. The number of carbonyl (C=O) groups excluding carboxylic acids is 1. The number of rotatable bonds is 3. The van der Waals surface area contributed by atoms with E-state index in [2.05, 4.69) is 10.4 Å². The molecule has 18 heavy (non-hydrogen) atoms. The lowest BCUT2D eigenvalue weighted by Gasteiger charge is -2.18. The number of amides is 1. The van der Waals surface area contributed by atoms with Crippen molar-refractivity contribution in [2.24, 2.45) is 5.84 Å². The summed E-state index contributed by atoms with van der Waals surface area (Å²) in [5.74, 6) is 5.38. The van der Waals surface area contributed by atoms with Crippen molar-refractivity contribution in [3.63, 3.8) is 0 Å². The molecule has 0 aromatic carbocycles. The van der Waals surface area contributed by atoms with Crippen LogP contribution in [0.15, 0.2) is 12.3 Å². The van der Waals surface area contributed by atoms with Gasteiger partial charge in [0.1, 0.15) is 0 Å². The van der Waals surface area contributed by atoms with E-state index in [1.807, 2.05) is 6.92 Å². The molecule has 1 aliphatic heterocycles. The number of hydrogen-bond acceptors (Lipinski definition) is 5. The van der Waals surface area contributed by atoms with Crippen molar-refractivity contribution in [3.05, 3.63) is 23.5 Å². The lowest BCUT2D eigenvalue weighted by atomic mass is 10.2. The predicted octanol–water partition coefficient (Wildman–Crippen LogP) is 0.537. The van der Waals surface area contributed by atoms with E-state index in [0.717, 1.165) is 12.1 Å². The van der Waals surface area contributed by atoms with Gasteiger partial charge < -0.3 is 15.1 Å². The number of nitrogens with zero attached hydrogens (tertiary/aromatic N) is 2. The van der Waals surface area contributed by atoms with Gasteiger partial charge in [-0.2, -0.15) is 0 Å². The van der Waals surface area contributed by atoms with Gasteiger partial charge in [0, 0.05) is 32.1 Å². The van der Waals surface area contributed by atoms with E-state index in [4.69, 9.17) is 10.6 Å². The Kier molecular flexibility index (Phi) is 3.78.